The molecule has 5 nitrogen and oxygen atoms in total. The van der Waals surface area contributed by atoms with E-state index >= 15 is 0 Å². The minimum absolute atomic E-state index is 0.208. The summed E-state index contributed by atoms with van der Waals surface area (Å²) < 4.78 is 11.4. The molecule has 1 aliphatic carbocycles. The number of thiophene rings is 1. The topological polar surface area (TPSA) is 74.4 Å². The second kappa shape index (κ2) is 7.95. The fourth-order valence-electron chi connectivity index (χ4n) is 3.53. The van der Waals surface area contributed by atoms with Crippen molar-refractivity contribution in [2.45, 2.75) is 65.6 Å². The molecule has 1 aliphatic heterocycles. The number of allylic oxidation sites excluding steroid dienone is 2. The van der Waals surface area contributed by atoms with Crippen LogP contribution in [0.15, 0.2) is 24.5 Å². The van der Waals surface area contributed by atoms with E-state index in [0.29, 0.717) is 10.6 Å². The zero-order valence-corrected chi connectivity index (χ0v) is 18.0. The Morgan fingerprint density at radius 3 is 2.68 bits per heavy atom. The average Bonchev–Trinajstić information content (AvgIpc) is 3.25. The van der Waals surface area contributed by atoms with Gasteiger partial charge in [-0.3, -0.25) is 0 Å². The van der Waals surface area contributed by atoms with E-state index in [9.17, 15) is 4.79 Å². The number of nitrogens with zero attached hydrogens (tertiary/aromatic N) is 1. The third-order valence-corrected chi connectivity index (χ3v) is 5.60. The van der Waals surface area contributed by atoms with Crippen molar-refractivity contribution in [1.82, 2.24) is 4.98 Å². The van der Waals surface area contributed by atoms with Gasteiger partial charge >= 0.3 is 5.97 Å². The average molecular weight is 401 g/mol. The highest BCUT2D eigenvalue weighted by atomic mass is 32.1. The highest BCUT2D eigenvalue weighted by molar-refractivity contribution is 7.21. The Labute approximate surface area is 170 Å². The number of aromatic nitrogens is 1. The first-order valence-electron chi connectivity index (χ1n) is 9.81. The Morgan fingerprint density at radius 1 is 1.29 bits per heavy atom. The van der Waals surface area contributed by atoms with Gasteiger partial charge in [0, 0.05) is 16.6 Å². The molecule has 0 spiro atoms. The van der Waals surface area contributed by atoms with Crippen LogP contribution in [0.4, 0.5) is 5.69 Å². The molecule has 0 aromatic carbocycles. The van der Waals surface area contributed by atoms with E-state index < -0.39 is 11.6 Å². The summed E-state index contributed by atoms with van der Waals surface area (Å²) in [5, 5.41) is 0.835. The molecule has 2 N–H and O–H groups in total. The molecule has 2 aliphatic rings. The quantitative estimate of drug-likeness (QED) is 0.675. The maximum Gasteiger partial charge on any atom is 0.351 e. The lowest BCUT2D eigenvalue weighted by molar-refractivity contribution is 0.00764. The van der Waals surface area contributed by atoms with E-state index in [1.165, 1.54) is 16.9 Å². The standard InChI is InChI=1S/C20H22N2O3S.C2H6/c1-20(2,3)25-19(23)17-16(21)15-14(13-9-4-5-10-24-13)11-7-6-8-12(11)22-18(15)26-17;1-2/h4-5,9-10,13H,6-8,21H2,1-3H3;1-2H3. The van der Waals surface area contributed by atoms with Gasteiger partial charge in [-0.25, -0.2) is 9.78 Å². The summed E-state index contributed by atoms with van der Waals surface area (Å²) in [6.07, 6.45) is 10.3. The van der Waals surface area contributed by atoms with Gasteiger partial charge in [-0.05, 0) is 57.7 Å². The molecule has 150 valence electrons. The van der Waals surface area contributed by atoms with Crippen molar-refractivity contribution in [3.8, 4) is 0 Å². The first kappa shape index (κ1) is 20.4. The number of nitrogens with two attached hydrogens (primary N) is 1. The largest absolute Gasteiger partial charge is 0.489 e. The SMILES string of the molecule is CC.CC(C)(C)OC(=O)c1sc2nc3c(c(C4C=CC=CO4)c2c1N)CCC3. The van der Waals surface area contributed by atoms with Crippen LogP contribution in [0, 0.1) is 0 Å². The first-order valence-corrected chi connectivity index (χ1v) is 10.6. The number of nitrogen functional groups attached to an aromatic ring is 1. The summed E-state index contributed by atoms with van der Waals surface area (Å²) in [7, 11) is 0. The van der Waals surface area contributed by atoms with Gasteiger partial charge < -0.3 is 15.2 Å². The molecule has 1 atom stereocenters. The second-order valence-electron chi connectivity index (χ2n) is 7.60. The van der Waals surface area contributed by atoms with E-state index in [4.69, 9.17) is 20.2 Å². The van der Waals surface area contributed by atoms with Crippen LogP contribution in [0.5, 0.6) is 0 Å². The molecular weight excluding hydrogens is 372 g/mol. The molecule has 28 heavy (non-hydrogen) atoms. The van der Waals surface area contributed by atoms with Crippen LogP contribution < -0.4 is 5.73 Å². The molecule has 0 amide bonds. The van der Waals surface area contributed by atoms with Crippen LogP contribution in [-0.2, 0) is 22.3 Å². The van der Waals surface area contributed by atoms with E-state index in [1.54, 1.807) is 6.26 Å². The Balaban J connectivity index is 0.00000109. The van der Waals surface area contributed by atoms with Crippen LogP contribution in [0.25, 0.3) is 10.2 Å². The normalized spacial score (nSPS) is 17.7. The van der Waals surface area contributed by atoms with Gasteiger partial charge in [0.2, 0.25) is 0 Å². The number of carbonyl (C=O) groups excluding carboxylic acids is 1. The second-order valence-corrected chi connectivity index (χ2v) is 8.60. The number of rotatable bonds is 2. The van der Waals surface area contributed by atoms with Crippen molar-refractivity contribution < 1.29 is 14.3 Å². The third-order valence-electron chi connectivity index (χ3n) is 4.52. The van der Waals surface area contributed by atoms with Crippen molar-refractivity contribution in [2.24, 2.45) is 0 Å². The van der Waals surface area contributed by atoms with Crippen molar-refractivity contribution >= 4 is 33.2 Å². The number of hydrogen-bond acceptors (Lipinski definition) is 6. The van der Waals surface area contributed by atoms with Gasteiger partial charge in [-0.1, -0.05) is 19.9 Å². The summed E-state index contributed by atoms with van der Waals surface area (Å²) in [5.41, 5.74) is 9.66. The molecule has 3 heterocycles. The van der Waals surface area contributed by atoms with Crippen LogP contribution in [0.3, 0.4) is 0 Å². The first-order chi connectivity index (χ1) is 13.3. The van der Waals surface area contributed by atoms with Gasteiger partial charge in [-0.15, -0.1) is 11.3 Å². The molecule has 0 bridgehead atoms. The molecule has 0 fully saturated rings. The van der Waals surface area contributed by atoms with Crippen molar-refractivity contribution in [3.63, 3.8) is 0 Å². The smallest absolute Gasteiger partial charge is 0.351 e. The zero-order valence-electron chi connectivity index (χ0n) is 17.2. The lowest BCUT2D eigenvalue weighted by atomic mass is 9.97. The third kappa shape index (κ3) is 3.78. The van der Waals surface area contributed by atoms with Gasteiger partial charge in [0.15, 0.2) is 0 Å². The highest BCUT2D eigenvalue weighted by Gasteiger charge is 2.31. The lowest BCUT2D eigenvalue weighted by Crippen LogP contribution is -2.23. The minimum atomic E-state index is -0.572. The lowest BCUT2D eigenvalue weighted by Gasteiger charge is -2.20. The van der Waals surface area contributed by atoms with E-state index in [0.717, 1.165) is 40.7 Å². The maximum absolute atomic E-state index is 12.6. The van der Waals surface area contributed by atoms with Gasteiger partial charge in [0.1, 0.15) is 21.4 Å². The van der Waals surface area contributed by atoms with Crippen molar-refractivity contribution in [3.05, 3.63) is 46.2 Å². The Hall–Kier alpha value is -2.34. The van der Waals surface area contributed by atoms with Crippen LogP contribution in [0.1, 0.15) is 73.6 Å². The van der Waals surface area contributed by atoms with E-state index in [2.05, 4.69) is 0 Å². The summed E-state index contributed by atoms with van der Waals surface area (Å²) in [4.78, 5) is 18.6. The molecule has 2 aromatic rings. The number of anilines is 1. The predicted octanol–water partition coefficient (Wildman–Crippen LogP) is 5.49. The summed E-state index contributed by atoms with van der Waals surface area (Å²) in [6, 6.07) is 0. The molecule has 1 unspecified atom stereocenters. The van der Waals surface area contributed by atoms with Crippen LogP contribution in [0.2, 0.25) is 0 Å². The predicted molar refractivity (Wildman–Crippen MR) is 115 cm³/mol. The number of fused-ring (bicyclic) bond motifs is 2. The fraction of sp³-hybridized carbons (Fsp3) is 0.455. The Morgan fingerprint density at radius 2 is 2.04 bits per heavy atom. The van der Waals surface area contributed by atoms with Crippen molar-refractivity contribution in [2.75, 3.05) is 5.73 Å². The summed E-state index contributed by atoms with van der Waals surface area (Å²) >= 11 is 1.31. The monoisotopic (exact) mass is 400 g/mol. The molecule has 0 radical (unpaired) electrons. The zero-order chi connectivity index (χ0) is 20.5. The van der Waals surface area contributed by atoms with E-state index in [1.807, 2.05) is 52.8 Å². The van der Waals surface area contributed by atoms with Gasteiger partial charge in [0.25, 0.3) is 0 Å². The summed E-state index contributed by atoms with van der Waals surface area (Å²) in [6.45, 7) is 9.54. The molecule has 0 saturated carbocycles. The Kier molecular flexibility index (Phi) is 5.79. The molecule has 4 rings (SSSR count). The summed E-state index contributed by atoms with van der Waals surface area (Å²) in [5.74, 6) is -0.399. The Bertz CT molecular complexity index is 951. The number of pyridine rings is 1. The van der Waals surface area contributed by atoms with Crippen LogP contribution in [-0.4, -0.2) is 16.6 Å². The number of hydrogen-bond donors (Lipinski definition) is 1. The van der Waals surface area contributed by atoms with Crippen molar-refractivity contribution in [1.29, 1.82) is 0 Å². The molecule has 6 heteroatoms. The molecule has 2 aromatic heterocycles. The number of esters is 1. The van der Waals surface area contributed by atoms with Crippen LogP contribution >= 0.6 is 11.3 Å². The minimum Gasteiger partial charge on any atom is -0.489 e. The van der Waals surface area contributed by atoms with Gasteiger partial charge in [0.05, 0.1) is 11.9 Å². The van der Waals surface area contributed by atoms with Gasteiger partial charge in [-0.2, -0.15) is 0 Å². The number of carbonyl (C=O) groups is 1. The number of ether oxygens (including phenoxy) is 2. The highest BCUT2D eigenvalue weighted by Crippen LogP contribution is 2.44. The molecule has 0 saturated heterocycles. The fourth-order valence-corrected chi connectivity index (χ4v) is 4.53. The maximum atomic E-state index is 12.6. The van der Waals surface area contributed by atoms with E-state index in [-0.39, 0.29) is 6.10 Å². The number of aryl methyl sites for hydroxylation is 1. The molecular formula is C22H28N2O3S.